The zero-order valence-electron chi connectivity index (χ0n) is 23.8. The van der Waals surface area contributed by atoms with Crippen molar-refractivity contribution < 1.29 is 29.1 Å². The molecule has 1 aromatic carbocycles. The summed E-state index contributed by atoms with van der Waals surface area (Å²) >= 11 is 0. The number of H-pyrrole nitrogens is 1. The van der Waals surface area contributed by atoms with Crippen molar-refractivity contribution >= 4 is 46.5 Å². The number of para-hydroxylation sites is 1. The normalized spacial score (nSPS) is 13.0. The second-order valence-electron chi connectivity index (χ2n) is 10.3. The Kier molecular flexibility index (Phi) is 13.2. The lowest BCUT2D eigenvalue weighted by Crippen LogP contribution is -2.55. The van der Waals surface area contributed by atoms with E-state index in [9.17, 15) is 24.0 Å². The number of aliphatic imine (C=N–C) groups is 1. The molecule has 0 radical (unpaired) electrons. The summed E-state index contributed by atoms with van der Waals surface area (Å²) < 4.78 is 0. The van der Waals surface area contributed by atoms with Crippen molar-refractivity contribution in [1.29, 1.82) is 0 Å². The van der Waals surface area contributed by atoms with Crippen LogP contribution >= 0.6 is 0 Å². The quantitative estimate of drug-likeness (QED) is 0.0587. The Morgan fingerprint density at radius 3 is 2.29 bits per heavy atom. The van der Waals surface area contributed by atoms with Crippen LogP contribution in [0.4, 0.5) is 0 Å². The number of aliphatic carboxylic acids is 1. The highest BCUT2D eigenvalue weighted by atomic mass is 16.4. The molecular weight excluding hydrogens is 546 g/mol. The molecule has 230 valence electrons. The maximum Gasteiger partial charge on any atom is 0.322 e. The van der Waals surface area contributed by atoms with Gasteiger partial charge in [0.1, 0.15) is 18.6 Å². The SMILES string of the molecule is CC(C)C[C@H](NC(=O)CNC(=O)[C@H](Cc1c[nH]c2ccccc12)NC(=O)[C@@H](N)CCCN=C(N)N)C(=O)NCC(=O)O. The number of hydrogen-bond acceptors (Lipinski definition) is 7. The Morgan fingerprint density at radius 2 is 1.62 bits per heavy atom. The summed E-state index contributed by atoms with van der Waals surface area (Å²) in [5.41, 5.74) is 18.3. The zero-order valence-corrected chi connectivity index (χ0v) is 23.8. The van der Waals surface area contributed by atoms with Gasteiger partial charge < -0.3 is 48.6 Å². The van der Waals surface area contributed by atoms with Crippen LogP contribution in [0.15, 0.2) is 35.5 Å². The number of carboxylic acid groups (broad SMARTS) is 1. The maximum atomic E-state index is 13.2. The molecule has 1 heterocycles. The second-order valence-corrected chi connectivity index (χ2v) is 10.3. The van der Waals surface area contributed by atoms with E-state index in [0.29, 0.717) is 13.0 Å². The molecule has 0 aliphatic carbocycles. The minimum Gasteiger partial charge on any atom is -0.480 e. The fourth-order valence-electron chi connectivity index (χ4n) is 4.18. The van der Waals surface area contributed by atoms with Crippen LogP contribution in [-0.2, 0) is 30.4 Å². The molecule has 3 atom stereocenters. The Bertz CT molecular complexity index is 1270. The molecule has 0 aliphatic rings. The van der Waals surface area contributed by atoms with E-state index in [4.69, 9.17) is 22.3 Å². The van der Waals surface area contributed by atoms with Gasteiger partial charge in [-0.2, -0.15) is 0 Å². The number of fused-ring (bicyclic) bond motifs is 1. The van der Waals surface area contributed by atoms with Gasteiger partial charge in [0, 0.05) is 30.1 Å². The summed E-state index contributed by atoms with van der Waals surface area (Å²) in [6.07, 6.45) is 2.82. The molecule has 0 saturated heterocycles. The summed E-state index contributed by atoms with van der Waals surface area (Å²) in [7, 11) is 0. The molecule has 2 rings (SSSR count). The van der Waals surface area contributed by atoms with Crippen molar-refractivity contribution in [3.8, 4) is 0 Å². The first kappa shape index (κ1) is 33.5. The van der Waals surface area contributed by atoms with Crippen LogP contribution in [0.2, 0.25) is 0 Å². The highest BCUT2D eigenvalue weighted by molar-refractivity contribution is 5.94. The first-order chi connectivity index (χ1) is 19.9. The number of nitrogens with two attached hydrogens (primary N) is 3. The number of aromatic amines is 1. The highest BCUT2D eigenvalue weighted by Gasteiger charge is 2.27. The van der Waals surface area contributed by atoms with Gasteiger partial charge in [-0.25, -0.2) is 0 Å². The standard InChI is InChI=1S/C27H41N9O6/c1-15(2)10-20(25(41)34-14-23(38)39)35-22(37)13-33-26(42)21(11-16-12-32-19-8-4-3-6-17(16)19)36-24(40)18(28)7-5-9-31-27(29)30/h3-4,6,8,12,15,18,20-21,32H,5,7,9-11,13-14,28H2,1-2H3,(H,33,42)(H,34,41)(H,35,37)(H,36,40)(H,38,39)(H4,29,30,31)/t18-,20-,21-/m0/s1. The van der Waals surface area contributed by atoms with Gasteiger partial charge in [-0.05, 0) is 36.8 Å². The van der Waals surface area contributed by atoms with Crippen LogP contribution in [0.5, 0.6) is 0 Å². The third-order valence-corrected chi connectivity index (χ3v) is 6.23. The van der Waals surface area contributed by atoms with Crippen molar-refractivity contribution in [3.05, 3.63) is 36.0 Å². The van der Waals surface area contributed by atoms with Crippen LogP contribution in [0, 0.1) is 5.92 Å². The van der Waals surface area contributed by atoms with E-state index in [1.54, 1.807) is 6.20 Å². The molecule has 0 saturated carbocycles. The number of carbonyl (C=O) groups excluding carboxylic acids is 4. The van der Waals surface area contributed by atoms with Gasteiger partial charge in [-0.3, -0.25) is 29.0 Å². The Hall–Kier alpha value is -4.66. The summed E-state index contributed by atoms with van der Waals surface area (Å²) in [6.45, 7) is 2.91. The average molecular weight is 588 g/mol. The van der Waals surface area contributed by atoms with Gasteiger partial charge in [0.2, 0.25) is 23.6 Å². The highest BCUT2D eigenvalue weighted by Crippen LogP contribution is 2.19. The van der Waals surface area contributed by atoms with E-state index >= 15 is 0 Å². The average Bonchev–Trinajstić information content (AvgIpc) is 3.34. The monoisotopic (exact) mass is 587 g/mol. The van der Waals surface area contributed by atoms with Crippen LogP contribution in [0.3, 0.4) is 0 Å². The number of nitrogens with one attached hydrogen (secondary N) is 5. The molecule has 0 spiro atoms. The molecule has 12 N–H and O–H groups in total. The third-order valence-electron chi connectivity index (χ3n) is 6.23. The Balaban J connectivity index is 2.09. The number of nitrogens with zero attached hydrogens (tertiary/aromatic N) is 1. The molecular formula is C27H41N9O6. The van der Waals surface area contributed by atoms with Crippen molar-refractivity contribution in [2.24, 2.45) is 28.1 Å². The summed E-state index contributed by atoms with van der Waals surface area (Å²) in [5.74, 6) is -3.77. The first-order valence-corrected chi connectivity index (χ1v) is 13.6. The van der Waals surface area contributed by atoms with Gasteiger partial charge in [-0.15, -0.1) is 0 Å². The van der Waals surface area contributed by atoms with Crippen LogP contribution in [0.1, 0.15) is 38.7 Å². The number of amides is 4. The van der Waals surface area contributed by atoms with Gasteiger partial charge in [0.15, 0.2) is 5.96 Å². The predicted octanol–water partition coefficient (Wildman–Crippen LogP) is -1.58. The predicted molar refractivity (Wildman–Crippen MR) is 157 cm³/mol. The van der Waals surface area contributed by atoms with E-state index in [-0.39, 0.29) is 31.1 Å². The smallest absolute Gasteiger partial charge is 0.322 e. The lowest BCUT2D eigenvalue weighted by molar-refractivity contribution is -0.138. The molecule has 2 aromatic rings. The number of guanidine groups is 1. The van der Waals surface area contributed by atoms with E-state index in [2.05, 4.69) is 31.2 Å². The van der Waals surface area contributed by atoms with Crippen LogP contribution in [0.25, 0.3) is 10.9 Å². The van der Waals surface area contributed by atoms with Gasteiger partial charge >= 0.3 is 5.97 Å². The minimum atomic E-state index is -1.22. The fourth-order valence-corrected chi connectivity index (χ4v) is 4.18. The fraction of sp³-hybridized carbons (Fsp3) is 0.481. The number of aromatic nitrogens is 1. The number of hydrogen-bond donors (Lipinski definition) is 9. The van der Waals surface area contributed by atoms with Gasteiger partial charge in [0.25, 0.3) is 0 Å². The lowest BCUT2D eigenvalue weighted by atomic mass is 10.0. The summed E-state index contributed by atoms with van der Waals surface area (Å²) in [4.78, 5) is 69.0. The van der Waals surface area contributed by atoms with E-state index in [1.807, 2.05) is 38.1 Å². The lowest BCUT2D eigenvalue weighted by Gasteiger charge is -2.22. The number of carbonyl (C=O) groups is 5. The first-order valence-electron chi connectivity index (χ1n) is 13.6. The number of benzene rings is 1. The number of rotatable bonds is 17. The van der Waals surface area contributed by atoms with Crippen LogP contribution < -0.4 is 38.5 Å². The van der Waals surface area contributed by atoms with Gasteiger partial charge in [0.05, 0.1) is 12.6 Å². The van der Waals surface area contributed by atoms with E-state index < -0.39 is 60.8 Å². The van der Waals surface area contributed by atoms with Crippen molar-refractivity contribution in [2.45, 2.75) is 57.7 Å². The largest absolute Gasteiger partial charge is 0.480 e. The Labute approximate surface area is 243 Å². The van der Waals surface area contributed by atoms with Crippen molar-refractivity contribution in [2.75, 3.05) is 19.6 Å². The molecule has 4 amide bonds. The summed E-state index contributed by atoms with van der Waals surface area (Å²) in [6, 6.07) is 4.48. The maximum absolute atomic E-state index is 13.2. The molecule has 1 aromatic heterocycles. The zero-order chi connectivity index (χ0) is 31.2. The number of carboxylic acids is 1. The topological polar surface area (TPSA) is 260 Å². The molecule has 15 nitrogen and oxygen atoms in total. The summed E-state index contributed by atoms with van der Waals surface area (Å²) in [5, 5.41) is 19.7. The minimum absolute atomic E-state index is 0.0138. The third kappa shape index (κ3) is 11.4. The molecule has 0 aliphatic heterocycles. The molecule has 0 unspecified atom stereocenters. The van der Waals surface area contributed by atoms with Crippen molar-refractivity contribution in [1.82, 2.24) is 26.3 Å². The molecule has 0 fully saturated rings. The van der Waals surface area contributed by atoms with E-state index in [1.165, 1.54) is 0 Å². The second kappa shape index (κ2) is 16.6. The molecule has 42 heavy (non-hydrogen) atoms. The van der Waals surface area contributed by atoms with Gasteiger partial charge in [-0.1, -0.05) is 32.0 Å². The molecule has 15 heteroatoms. The van der Waals surface area contributed by atoms with E-state index in [0.717, 1.165) is 16.5 Å². The molecule has 0 bridgehead atoms. The Morgan fingerprint density at radius 1 is 0.952 bits per heavy atom. The van der Waals surface area contributed by atoms with Crippen LogP contribution in [-0.4, -0.2) is 83.4 Å². The van der Waals surface area contributed by atoms with Crippen molar-refractivity contribution in [3.63, 3.8) is 0 Å².